The number of hydrogen-bond acceptors (Lipinski definition) is 2. The Morgan fingerprint density at radius 2 is 2.06 bits per heavy atom. The Morgan fingerprint density at radius 1 is 1.38 bits per heavy atom. The van der Waals surface area contributed by atoms with Crippen molar-refractivity contribution in [2.45, 2.75) is 19.1 Å². The summed E-state index contributed by atoms with van der Waals surface area (Å²) in [5, 5.41) is 2.82. The quantitative estimate of drug-likeness (QED) is 0.800. The van der Waals surface area contributed by atoms with E-state index in [9.17, 15) is 18.0 Å². The Morgan fingerprint density at radius 3 is 2.62 bits per heavy atom. The van der Waals surface area contributed by atoms with Crippen molar-refractivity contribution in [1.29, 1.82) is 0 Å². The van der Waals surface area contributed by atoms with Gasteiger partial charge >= 0.3 is 6.18 Å². The zero-order valence-electron chi connectivity index (χ0n) is 8.84. The summed E-state index contributed by atoms with van der Waals surface area (Å²) in [5.74, 6) is 0. The Labute approximate surface area is 90.9 Å². The molecule has 1 heterocycles. The first kappa shape index (κ1) is 12.8. The summed E-state index contributed by atoms with van der Waals surface area (Å²) in [6, 6.07) is 3.18. The molecule has 0 atom stereocenters. The van der Waals surface area contributed by atoms with Crippen molar-refractivity contribution in [2.24, 2.45) is 0 Å². The summed E-state index contributed by atoms with van der Waals surface area (Å²) < 4.78 is 38.4. The van der Waals surface area contributed by atoms with Gasteiger partial charge in [-0.2, -0.15) is 13.2 Å². The molecule has 0 bridgehead atoms. The highest BCUT2D eigenvalue weighted by Crippen LogP contribution is 2.28. The molecule has 0 aliphatic rings. The largest absolute Gasteiger partial charge is 0.431 e. The van der Waals surface area contributed by atoms with Gasteiger partial charge < -0.3 is 9.88 Å². The third kappa shape index (κ3) is 3.10. The van der Waals surface area contributed by atoms with Crippen LogP contribution in [-0.4, -0.2) is 18.2 Å². The van der Waals surface area contributed by atoms with Crippen LogP contribution in [0.15, 0.2) is 23.0 Å². The van der Waals surface area contributed by atoms with Gasteiger partial charge in [-0.15, -0.1) is 0 Å². The van der Waals surface area contributed by atoms with Crippen LogP contribution in [0.3, 0.4) is 0 Å². The van der Waals surface area contributed by atoms with Crippen molar-refractivity contribution >= 4 is 0 Å². The number of aromatic nitrogens is 1. The molecule has 0 aliphatic carbocycles. The van der Waals surface area contributed by atoms with Crippen molar-refractivity contribution in [2.75, 3.05) is 13.6 Å². The fourth-order valence-corrected chi connectivity index (χ4v) is 1.41. The molecule has 0 spiro atoms. The van der Waals surface area contributed by atoms with Gasteiger partial charge in [-0.05, 0) is 26.1 Å². The van der Waals surface area contributed by atoms with Gasteiger partial charge in [-0.3, -0.25) is 4.79 Å². The van der Waals surface area contributed by atoms with Gasteiger partial charge in [0, 0.05) is 12.6 Å². The highest BCUT2D eigenvalue weighted by Gasteiger charge is 2.33. The molecule has 0 aromatic carbocycles. The highest BCUT2D eigenvalue weighted by atomic mass is 19.4. The Hall–Kier alpha value is -1.30. The minimum Gasteiger partial charge on any atom is -0.320 e. The zero-order chi connectivity index (χ0) is 12.2. The minimum absolute atomic E-state index is 0.0648. The summed E-state index contributed by atoms with van der Waals surface area (Å²) >= 11 is 0. The van der Waals surface area contributed by atoms with E-state index in [0.29, 0.717) is 13.0 Å². The molecule has 0 fully saturated rings. The van der Waals surface area contributed by atoms with Crippen LogP contribution in [-0.2, 0) is 12.7 Å². The second-order valence-corrected chi connectivity index (χ2v) is 3.36. The van der Waals surface area contributed by atoms with E-state index in [4.69, 9.17) is 0 Å². The zero-order valence-corrected chi connectivity index (χ0v) is 8.84. The van der Waals surface area contributed by atoms with Crippen molar-refractivity contribution < 1.29 is 13.2 Å². The maximum atomic E-state index is 12.6. The Balaban J connectivity index is 3.00. The van der Waals surface area contributed by atoms with Crippen LogP contribution < -0.4 is 10.9 Å². The van der Waals surface area contributed by atoms with Gasteiger partial charge in [-0.1, -0.05) is 6.07 Å². The topological polar surface area (TPSA) is 34.0 Å². The van der Waals surface area contributed by atoms with Gasteiger partial charge in [-0.25, -0.2) is 0 Å². The lowest BCUT2D eigenvalue weighted by atomic mass is 10.3. The van der Waals surface area contributed by atoms with Crippen LogP contribution in [0.25, 0.3) is 0 Å². The highest BCUT2D eigenvalue weighted by molar-refractivity contribution is 5.10. The smallest absolute Gasteiger partial charge is 0.320 e. The summed E-state index contributed by atoms with van der Waals surface area (Å²) in [4.78, 5) is 11.3. The average Bonchev–Trinajstić information content (AvgIpc) is 2.19. The number of nitrogens with zero attached hydrogens (tertiary/aromatic N) is 1. The molecule has 1 rings (SSSR count). The first-order chi connectivity index (χ1) is 7.46. The van der Waals surface area contributed by atoms with Crippen LogP contribution >= 0.6 is 0 Å². The van der Waals surface area contributed by atoms with Crippen molar-refractivity contribution in [3.63, 3.8) is 0 Å². The molecule has 1 aromatic heterocycles. The minimum atomic E-state index is -4.49. The molecule has 1 aromatic rings. The van der Waals surface area contributed by atoms with E-state index in [1.165, 1.54) is 0 Å². The Kier molecular flexibility index (Phi) is 4.12. The molecule has 0 radical (unpaired) electrons. The monoisotopic (exact) mass is 234 g/mol. The lowest BCUT2D eigenvalue weighted by Crippen LogP contribution is -2.28. The van der Waals surface area contributed by atoms with Crippen molar-refractivity contribution in [3.05, 3.63) is 34.2 Å². The molecule has 3 nitrogen and oxygen atoms in total. The maximum absolute atomic E-state index is 12.6. The third-order valence-electron chi connectivity index (χ3n) is 2.15. The van der Waals surface area contributed by atoms with E-state index in [2.05, 4.69) is 5.32 Å². The van der Waals surface area contributed by atoms with Crippen LogP contribution in [0, 0.1) is 0 Å². The molecule has 1 N–H and O–H groups in total. The molecular formula is C10H13F3N2O. The molecule has 16 heavy (non-hydrogen) atoms. The summed E-state index contributed by atoms with van der Waals surface area (Å²) in [5.41, 5.74) is -1.51. The average molecular weight is 234 g/mol. The van der Waals surface area contributed by atoms with Crippen LogP contribution in [0.1, 0.15) is 12.1 Å². The number of halogens is 3. The van der Waals surface area contributed by atoms with E-state index >= 15 is 0 Å². The van der Waals surface area contributed by atoms with Gasteiger partial charge in [0.2, 0.25) is 0 Å². The number of alkyl halides is 3. The van der Waals surface area contributed by atoms with Gasteiger partial charge in [0.25, 0.3) is 5.56 Å². The molecule has 0 aliphatic heterocycles. The van der Waals surface area contributed by atoms with E-state index in [1.54, 1.807) is 7.05 Å². The number of pyridine rings is 1. The first-order valence-corrected chi connectivity index (χ1v) is 4.88. The second kappa shape index (κ2) is 5.16. The van der Waals surface area contributed by atoms with Crippen LogP contribution in [0.2, 0.25) is 0 Å². The molecule has 0 unspecified atom stereocenters. The van der Waals surface area contributed by atoms with E-state index in [0.717, 1.165) is 22.8 Å². The predicted octanol–water partition coefficient (Wildman–Crippen LogP) is 1.48. The van der Waals surface area contributed by atoms with E-state index in [1.807, 2.05) is 0 Å². The fourth-order valence-electron chi connectivity index (χ4n) is 1.41. The first-order valence-electron chi connectivity index (χ1n) is 4.88. The normalized spacial score (nSPS) is 11.8. The maximum Gasteiger partial charge on any atom is 0.431 e. The standard InChI is InChI=1S/C10H13F3N2O/c1-14-6-3-7-15-8(10(11,12)13)4-2-5-9(15)16/h2,4-5,14H,3,6-7H2,1H3. The Bertz CT molecular complexity index is 398. The SMILES string of the molecule is CNCCCn1c(C(F)(F)F)cccc1=O. The predicted molar refractivity (Wildman–Crippen MR) is 54.2 cm³/mol. The van der Waals surface area contributed by atoms with Gasteiger partial charge in [0.05, 0.1) is 0 Å². The van der Waals surface area contributed by atoms with Gasteiger partial charge in [0.1, 0.15) is 5.69 Å². The summed E-state index contributed by atoms with van der Waals surface area (Å²) in [6.07, 6.45) is -4.01. The molecule has 0 saturated heterocycles. The molecule has 6 heteroatoms. The molecule has 90 valence electrons. The molecular weight excluding hydrogens is 221 g/mol. The van der Waals surface area contributed by atoms with Gasteiger partial charge in [0.15, 0.2) is 0 Å². The molecule has 0 saturated carbocycles. The molecule has 0 amide bonds. The number of nitrogens with one attached hydrogen (secondary N) is 1. The lowest BCUT2D eigenvalue weighted by Gasteiger charge is -2.14. The fraction of sp³-hybridized carbons (Fsp3) is 0.500. The van der Waals surface area contributed by atoms with Crippen LogP contribution in [0.5, 0.6) is 0 Å². The summed E-state index contributed by atoms with van der Waals surface area (Å²) in [7, 11) is 1.71. The summed E-state index contributed by atoms with van der Waals surface area (Å²) in [6.45, 7) is 0.633. The number of hydrogen-bond donors (Lipinski definition) is 1. The van der Waals surface area contributed by atoms with Crippen molar-refractivity contribution in [3.8, 4) is 0 Å². The second-order valence-electron chi connectivity index (χ2n) is 3.36. The third-order valence-corrected chi connectivity index (χ3v) is 2.15. The van der Waals surface area contributed by atoms with E-state index in [-0.39, 0.29) is 6.54 Å². The lowest BCUT2D eigenvalue weighted by molar-refractivity contribution is -0.144. The van der Waals surface area contributed by atoms with Crippen molar-refractivity contribution in [1.82, 2.24) is 9.88 Å². The van der Waals surface area contributed by atoms with Crippen LogP contribution in [0.4, 0.5) is 13.2 Å². The number of rotatable bonds is 4. The van der Waals surface area contributed by atoms with E-state index < -0.39 is 17.4 Å².